The van der Waals surface area contributed by atoms with Crippen LogP contribution < -0.4 is 9.96 Å². The molecule has 12 heteroatoms. The first-order chi connectivity index (χ1) is 12.2. The van der Waals surface area contributed by atoms with Crippen LogP contribution in [0.4, 0.5) is 24.0 Å². The third kappa shape index (κ3) is 3.94. The summed E-state index contributed by atoms with van der Waals surface area (Å²) in [6.07, 6.45) is -5.71. The second-order valence-electron chi connectivity index (χ2n) is 5.71. The average Bonchev–Trinajstić information content (AvgIpc) is 3.14. The molecule has 0 saturated carbocycles. The summed E-state index contributed by atoms with van der Waals surface area (Å²) >= 11 is 5.33. The number of para-hydroxylation sites is 1. The number of halogens is 3. The van der Waals surface area contributed by atoms with Crippen LogP contribution >= 0.6 is 23.6 Å². The fourth-order valence-electron chi connectivity index (χ4n) is 2.49. The lowest BCUT2D eigenvalue weighted by atomic mass is 10.3. The minimum atomic E-state index is -4.65. The van der Waals surface area contributed by atoms with Crippen LogP contribution in [-0.2, 0) is 10.9 Å². The first kappa shape index (κ1) is 18.9. The number of quaternary nitrogens is 1. The fraction of sp³-hybridized carbons (Fsp3) is 0.357. The van der Waals surface area contributed by atoms with Crippen LogP contribution in [0.1, 0.15) is 5.01 Å². The van der Waals surface area contributed by atoms with Gasteiger partial charge >= 0.3 is 11.3 Å². The van der Waals surface area contributed by atoms with E-state index in [1.165, 1.54) is 0 Å². The summed E-state index contributed by atoms with van der Waals surface area (Å²) in [4.78, 5) is 1.64. The van der Waals surface area contributed by atoms with E-state index in [1.54, 1.807) is 36.2 Å². The number of ether oxygens (including phenoxy) is 1. The Hall–Kier alpha value is -1.86. The quantitative estimate of drug-likeness (QED) is 0.478. The van der Waals surface area contributed by atoms with Crippen LogP contribution in [0, 0.1) is 5.21 Å². The Kier molecular flexibility index (Phi) is 5.12. The molecule has 3 rings (SSSR count). The van der Waals surface area contributed by atoms with Gasteiger partial charge in [-0.15, -0.1) is 5.10 Å². The molecule has 1 fully saturated rings. The number of hydrogen-bond donors (Lipinski definition) is 1. The molecular formula is C14H14F3N5O2S2. The smallest absolute Gasteiger partial charge is 0.445 e. The van der Waals surface area contributed by atoms with E-state index in [0.29, 0.717) is 5.69 Å². The maximum absolute atomic E-state index is 13.2. The molecule has 140 valence electrons. The number of likely N-dealkylation sites (N-methyl/N-ethyl adjacent to an activating group) is 1. The van der Waals surface area contributed by atoms with Crippen molar-refractivity contribution in [3.8, 4) is 0 Å². The molecule has 1 aliphatic rings. The van der Waals surface area contributed by atoms with Crippen LogP contribution in [0.25, 0.3) is 0 Å². The highest BCUT2D eigenvalue weighted by Gasteiger charge is 2.47. The van der Waals surface area contributed by atoms with Crippen LogP contribution in [-0.4, -0.2) is 46.8 Å². The Bertz CT molecular complexity index is 788. The van der Waals surface area contributed by atoms with E-state index in [4.69, 9.17) is 17.0 Å². The lowest BCUT2D eigenvalue weighted by molar-refractivity contribution is -0.138. The topological polar surface area (TPSA) is 73.3 Å². The van der Waals surface area contributed by atoms with E-state index in [-0.39, 0.29) is 34.9 Å². The minimum Gasteiger partial charge on any atom is -0.622 e. The number of hydrogen-bond acceptors (Lipinski definition) is 7. The largest absolute Gasteiger partial charge is 0.622 e. The fourth-order valence-corrected chi connectivity index (χ4v) is 3.50. The van der Waals surface area contributed by atoms with Crippen LogP contribution in [0.15, 0.2) is 30.3 Å². The zero-order chi connectivity index (χ0) is 18.9. The van der Waals surface area contributed by atoms with Gasteiger partial charge in [0, 0.05) is 5.69 Å². The Balaban J connectivity index is 1.77. The molecule has 1 aromatic carbocycles. The Morgan fingerprint density at radius 2 is 2.08 bits per heavy atom. The molecule has 26 heavy (non-hydrogen) atoms. The van der Waals surface area contributed by atoms with Gasteiger partial charge in [0.05, 0.1) is 6.54 Å². The molecule has 0 spiro atoms. The second kappa shape index (κ2) is 7.04. The van der Waals surface area contributed by atoms with Crippen molar-refractivity contribution in [1.82, 2.24) is 19.7 Å². The average molecular weight is 405 g/mol. The van der Waals surface area contributed by atoms with Gasteiger partial charge in [-0.1, -0.05) is 23.3 Å². The van der Waals surface area contributed by atoms with E-state index >= 15 is 0 Å². The van der Waals surface area contributed by atoms with Gasteiger partial charge in [0.1, 0.15) is 6.67 Å². The lowest BCUT2D eigenvalue weighted by Gasteiger charge is -2.38. The molecule has 1 saturated heterocycles. The van der Waals surface area contributed by atoms with E-state index < -0.39 is 22.1 Å². The lowest BCUT2D eigenvalue weighted by Crippen LogP contribution is -2.51. The van der Waals surface area contributed by atoms with E-state index in [0.717, 1.165) is 0 Å². The molecule has 1 aromatic heterocycles. The maximum atomic E-state index is 13.2. The number of anilines is 1. The summed E-state index contributed by atoms with van der Waals surface area (Å²) in [6, 6.07) is 8.94. The summed E-state index contributed by atoms with van der Waals surface area (Å²) in [6.45, 7) is 0.0617. The molecule has 2 heterocycles. The van der Waals surface area contributed by atoms with Crippen molar-refractivity contribution < 1.29 is 17.9 Å². The number of alkyl halides is 3. The Morgan fingerprint density at radius 3 is 2.69 bits per heavy atom. The summed E-state index contributed by atoms with van der Waals surface area (Å²) < 4.78 is 42.6. The molecule has 0 radical (unpaired) electrons. The van der Waals surface area contributed by atoms with Gasteiger partial charge < -0.3 is 15.3 Å². The third-order valence-electron chi connectivity index (χ3n) is 3.63. The van der Waals surface area contributed by atoms with Crippen LogP contribution in [0.5, 0.6) is 0 Å². The summed E-state index contributed by atoms with van der Waals surface area (Å²) in [5.41, 5.74) is 0.670. The number of rotatable bonds is 3. The number of nitrogens with one attached hydrogen (secondary N) is 1. The van der Waals surface area contributed by atoms with E-state index in [1.807, 2.05) is 6.07 Å². The van der Waals surface area contributed by atoms with Gasteiger partial charge in [-0.25, -0.2) is 4.90 Å². The Morgan fingerprint density at radius 1 is 1.38 bits per heavy atom. The SMILES string of the molecule is CN1CC(OC(=S)Nc2ccccc2)[N+]([O-])(c2nnc(C(F)(F)F)s2)C1. The zero-order valence-electron chi connectivity index (χ0n) is 13.4. The van der Waals surface area contributed by atoms with Crippen molar-refractivity contribution in [1.29, 1.82) is 0 Å². The zero-order valence-corrected chi connectivity index (χ0v) is 15.1. The van der Waals surface area contributed by atoms with Crippen LogP contribution in [0.3, 0.4) is 0 Å². The molecule has 0 aliphatic carbocycles. The third-order valence-corrected chi connectivity index (χ3v) is 4.91. The maximum Gasteiger partial charge on any atom is 0.445 e. The molecule has 0 bridgehead atoms. The summed E-state index contributed by atoms with van der Waals surface area (Å²) in [5.74, 6) is 0. The highest BCUT2D eigenvalue weighted by Crippen LogP contribution is 2.39. The molecule has 2 unspecified atom stereocenters. The number of thiocarbonyl (C=S) groups is 1. The molecule has 2 atom stereocenters. The van der Waals surface area contributed by atoms with Crippen molar-refractivity contribution in [2.75, 3.05) is 25.6 Å². The van der Waals surface area contributed by atoms with Crippen molar-refractivity contribution in [2.45, 2.75) is 12.4 Å². The minimum absolute atomic E-state index is 0.0459. The first-order valence-electron chi connectivity index (χ1n) is 7.40. The summed E-state index contributed by atoms with van der Waals surface area (Å²) in [5, 5.41) is 21.0. The Labute approximate surface area is 156 Å². The number of aromatic nitrogens is 2. The van der Waals surface area contributed by atoms with Crippen molar-refractivity contribution >= 4 is 39.5 Å². The molecule has 2 aromatic rings. The van der Waals surface area contributed by atoms with Gasteiger partial charge in [-0.2, -0.15) is 13.2 Å². The molecule has 0 amide bonds. The molecule has 1 N–H and O–H groups in total. The molecule has 7 nitrogen and oxygen atoms in total. The highest BCUT2D eigenvalue weighted by molar-refractivity contribution is 7.80. The van der Waals surface area contributed by atoms with E-state index in [9.17, 15) is 18.4 Å². The number of nitrogens with zero attached hydrogens (tertiary/aromatic N) is 4. The number of benzene rings is 1. The standard InChI is InChI=1S/C14H14F3N5O2S2/c1-21-7-10(24-13(25)18-9-5-3-2-4-6-9)22(23,8-21)12-20-19-11(26-12)14(15,16)17/h2-6,10H,7-8H2,1H3,(H,18,25). The summed E-state index contributed by atoms with van der Waals surface area (Å²) in [7, 11) is 1.66. The van der Waals surface area contributed by atoms with Gasteiger partial charge in [0.15, 0.2) is 0 Å². The first-order valence-corrected chi connectivity index (χ1v) is 8.62. The number of hydroxylamine groups is 2. The second-order valence-corrected chi connectivity index (χ2v) is 7.04. The van der Waals surface area contributed by atoms with Crippen molar-refractivity contribution in [2.24, 2.45) is 0 Å². The van der Waals surface area contributed by atoms with Crippen molar-refractivity contribution in [3.63, 3.8) is 0 Å². The molecule has 1 aliphatic heterocycles. The van der Waals surface area contributed by atoms with Gasteiger partial charge in [0.25, 0.3) is 11.4 Å². The monoisotopic (exact) mass is 405 g/mol. The molecular weight excluding hydrogens is 391 g/mol. The van der Waals surface area contributed by atoms with Gasteiger partial charge in [-0.3, -0.25) is 4.65 Å². The normalized spacial score (nSPS) is 23.8. The van der Waals surface area contributed by atoms with Gasteiger partial charge in [-0.05, 0) is 42.7 Å². The predicted octanol–water partition coefficient (Wildman–Crippen LogP) is 3.00. The predicted molar refractivity (Wildman–Crippen MR) is 95.1 cm³/mol. The van der Waals surface area contributed by atoms with Gasteiger partial charge in [0.2, 0.25) is 5.01 Å². The van der Waals surface area contributed by atoms with Crippen LogP contribution in [0.2, 0.25) is 0 Å². The van der Waals surface area contributed by atoms with E-state index in [2.05, 4.69) is 15.5 Å². The highest BCUT2D eigenvalue weighted by atomic mass is 32.1. The van der Waals surface area contributed by atoms with Crippen molar-refractivity contribution in [3.05, 3.63) is 40.5 Å².